The molecular weight excluding hydrogens is 114 g/mol. The van der Waals surface area contributed by atoms with Gasteiger partial charge in [-0.2, -0.15) is 0 Å². The van der Waals surface area contributed by atoms with Gasteiger partial charge in [0.05, 0.1) is 11.7 Å². The predicted octanol–water partition coefficient (Wildman–Crippen LogP) is 0.529. The van der Waals surface area contributed by atoms with Gasteiger partial charge >= 0.3 is 0 Å². The minimum atomic E-state index is 0.994. The first-order chi connectivity index (χ1) is 4.47. The Morgan fingerprint density at radius 1 is 1.56 bits per heavy atom. The highest BCUT2D eigenvalue weighted by molar-refractivity contribution is 5.42. The summed E-state index contributed by atoms with van der Waals surface area (Å²) >= 11 is 0. The van der Waals surface area contributed by atoms with Crippen molar-refractivity contribution in [2.75, 3.05) is 0 Å². The molecule has 0 aliphatic heterocycles. The third-order valence-electron chi connectivity index (χ3n) is 1.17. The van der Waals surface area contributed by atoms with Gasteiger partial charge in [-0.05, 0) is 12.1 Å². The summed E-state index contributed by atoms with van der Waals surface area (Å²) in [4.78, 5) is 3.73. The van der Waals surface area contributed by atoms with Crippen molar-refractivity contribution in [2.24, 2.45) is 0 Å². The molecule has 0 aliphatic rings. The topological polar surface area (TPSA) is 30.2 Å². The highest BCUT2D eigenvalue weighted by Gasteiger charge is 1.86. The fourth-order valence-electron chi connectivity index (χ4n) is 0.748. The molecule has 3 heteroatoms. The van der Waals surface area contributed by atoms with E-state index in [1.807, 2.05) is 18.3 Å². The van der Waals surface area contributed by atoms with Gasteiger partial charge in [0.1, 0.15) is 0 Å². The first kappa shape index (κ1) is 4.49. The van der Waals surface area contributed by atoms with E-state index in [-0.39, 0.29) is 0 Å². The van der Waals surface area contributed by atoms with Crippen LogP contribution in [-0.2, 0) is 0 Å². The van der Waals surface area contributed by atoms with Crippen LogP contribution in [0.4, 0.5) is 0 Å². The summed E-state index contributed by atoms with van der Waals surface area (Å²) in [6, 6.07) is 3.85. The van der Waals surface area contributed by atoms with Gasteiger partial charge in [-0.25, -0.2) is 9.50 Å². The van der Waals surface area contributed by atoms with Crippen molar-refractivity contribution >= 4 is 5.52 Å². The molecule has 0 amide bonds. The van der Waals surface area contributed by atoms with Crippen molar-refractivity contribution in [3.05, 3.63) is 30.9 Å². The Bertz CT molecular complexity index is 282. The van der Waals surface area contributed by atoms with Gasteiger partial charge in [0, 0.05) is 6.20 Å². The molecule has 0 saturated heterocycles. The van der Waals surface area contributed by atoms with Crippen LogP contribution in [0.25, 0.3) is 5.52 Å². The van der Waals surface area contributed by atoms with Crippen LogP contribution in [0.2, 0.25) is 0 Å². The third-order valence-corrected chi connectivity index (χ3v) is 1.17. The largest absolute Gasteiger partial charge is 0.237 e. The molecule has 2 rings (SSSR count). The molecule has 0 bridgehead atoms. The summed E-state index contributed by atoms with van der Waals surface area (Å²) in [6.45, 7) is 0. The van der Waals surface area contributed by atoms with Crippen molar-refractivity contribution in [3.8, 4) is 0 Å². The van der Waals surface area contributed by atoms with Crippen LogP contribution in [-0.4, -0.2) is 14.6 Å². The summed E-state index contributed by atoms with van der Waals surface area (Å²) in [5.74, 6) is 0. The zero-order valence-corrected chi connectivity index (χ0v) is 4.65. The van der Waals surface area contributed by atoms with Crippen molar-refractivity contribution < 1.29 is 0 Å². The smallest absolute Gasteiger partial charge is 0.219 e. The first-order valence-corrected chi connectivity index (χ1v) is 2.63. The molecule has 9 heavy (non-hydrogen) atoms. The highest BCUT2D eigenvalue weighted by Crippen LogP contribution is 1.96. The van der Waals surface area contributed by atoms with E-state index in [4.69, 9.17) is 0 Å². The molecule has 43 valence electrons. The summed E-state index contributed by atoms with van der Waals surface area (Å²) in [7, 11) is 0. The number of hydrogen-bond acceptors (Lipinski definition) is 2. The van der Waals surface area contributed by atoms with E-state index in [0.717, 1.165) is 5.52 Å². The van der Waals surface area contributed by atoms with E-state index in [2.05, 4.69) is 16.4 Å². The molecule has 0 aromatic carbocycles. The molecule has 0 fully saturated rings. The van der Waals surface area contributed by atoms with E-state index >= 15 is 0 Å². The van der Waals surface area contributed by atoms with Crippen LogP contribution in [0, 0.1) is 6.33 Å². The summed E-state index contributed by atoms with van der Waals surface area (Å²) in [5.41, 5.74) is 0.994. The lowest BCUT2D eigenvalue weighted by Crippen LogP contribution is -1.88. The number of rotatable bonds is 0. The lowest BCUT2D eigenvalue weighted by Gasteiger charge is -1.85. The maximum Gasteiger partial charge on any atom is 0.219 e. The lowest BCUT2D eigenvalue weighted by molar-refractivity contribution is 0.894. The van der Waals surface area contributed by atoms with Crippen LogP contribution in [0.1, 0.15) is 0 Å². The Hall–Kier alpha value is -1.38. The average Bonchev–Trinajstić information content (AvgIpc) is 2.33. The molecule has 3 nitrogen and oxygen atoms in total. The molecule has 2 heterocycles. The maximum atomic E-state index is 3.82. The molecule has 0 spiro atoms. The second-order valence-corrected chi connectivity index (χ2v) is 1.74. The molecule has 0 saturated carbocycles. The maximum absolute atomic E-state index is 3.82. The number of hydrogen-bond donors (Lipinski definition) is 0. The standard InChI is InChI=1S/C6H4N3/c1-2-6-4-7-5-8-9(6)3-1/h1-4H. The van der Waals surface area contributed by atoms with Crippen LogP contribution in [0.5, 0.6) is 0 Å². The highest BCUT2D eigenvalue weighted by atomic mass is 15.2. The Balaban J connectivity index is 2.95. The van der Waals surface area contributed by atoms with Gasteiger partial charge in [-0.15, -0.1) is 5.10 Å². The zero-order chi connectivity index (χ0) is 6.10. The Labute approximate surface area is 52.0 Å². The van der Waals surface area contributed by atoms with E-state index in [0.29, 0.717) is 0 Å². The summed E-state index contributed by atoms with van der Waals surface area (Å²) in [5, 5.41) is 3.82. The van der Waals surface area contributed by atoms with Crippen molar-refractivity contribution in [2.45, 2.75) is 0 Å². The fourth-order valence-corrected chi connectivity index (χ4v) is 0.748. The second-order valence-electron chi connectivity index (χ2n) is 1.74. The minimum absolute atomic E-state index is 0.994. The quantitative estimate of drug-likeness (QED) is 0.505. The van der Waals surface area contributed by atoms with Gasteiger partial charge < -0.3 is 0 Å². The number of fused-ring (bicyclic) bond motifs is 1. The predicted molar refractivity (Wildman–Crippen MR) is 31.8 cm³/mol. The molecule has 1 radical (unpaired) electrons. The van der Waals surface area contributed by atoms with E-state index in [1.54, 1.807) is 10.7 Å². The van der Waals surface area contributed by atoms with E-state index in [1.165, 1.54) is 0 Å². The fraction of sp³-hybridized carbons (Fsp3) is 0. The number of nitrogens with zero attached hydrogens (tertiary/aromatic N) is 3. The minimum Gasteiger partial charge on any atom is -0.237 e. The van der Waals surface area contributed by atoms with Crippen LogP contribution < -0.4 is 0 Å². The average molecular weight is 118 g/mol. The zero-order valence-electron chi connectivity index (χ0n) is 4.65. The molecular formula is C6H4N3. The Morgan fingerprint density at radius 2 is 2.56 bits per heavy atom. The van der Waals surface area contributed by atoms with Crippen molar-refractivity contribution in [1.29, 1.82) is 0 Å². The van der Waals surface area contributed by atoms with Crippen molar-refractivity contribution in [3.63, 3.8) is 0 Å². The van der Waals surface area contributed by atoms with Crippen LogP contribution in [0.15, 0.2) is 24.5 Å². The van der Waals surface area contributed by atoms with Gasteiger partial charge in [0.25, 0.3) is 0 Å². The summed E-state index contributed by atoms with van der Waals surface area (Å²) < 4.78 is 1.72. The van der Waals surface area contributed by atoms with Gasteiger partial charge in [0.2, 0.25) is 6.33 Å². The molecule has 2 aromatic heterocycles. The SMILES string of the molecule is [c]1ncc2cccn2n1. The van der Waals surface area contributed by atoms with Crippen LogP contribution in [0.3, 0.4) is 0 Å². The third kappa shape index (κ3) is 0.579. The van der Waals surface area contributed by atoms with Crippen LogP contribution >= 0.6 is 0 Å². The lowest BCUT2D eigenvalue weighted by atomic mass is 10.5. The molecule has 0 atom stereocenters. The summed E-state index contributed by atoms with van der Waals surface area (Å²) in [6.07, 6.45) is 6.05. The first-order valence-electron chi connectivity index (χ1n) is 2.63. The Kier molecular flexibility index (Phi) is 0.773. The molecule has 2 aromatic rings. The second kappa shape index (κ2) is 1.55. The monoisotopic (exact) mass is 118 g/mol. The molecule has 0 unspecified atom stereocenters. The van der Waals surface area contributed by atoms with Gasteiger partial charge in [0.15, 0.2) is 0 Å². The normalized spacial score (nSPS) is 10.2. The van der Waals surface area contributed by atoms with E-state index in [9.17, 15) is 0 Å². The Morgan fingerprint density at radius 3 is 3.44 bits per heavy atom. The number of aromatic nitrogens is 3. The molecule has 0 N–H and O–H groups in total. The molecule has 0 aliphatic carbocycles. The van der Waals surface area contributed by atoms with Gasteiger partial charge in [-0.3, -0.25) is 0 Å². The van der Waals surface area contributed by atoms with Crippen molar-refractivity contribution in [1.82, 2.24) is 14.6 Å². The van der Waals surface area contributed by atoms with Gasteiger partial charge in [-0.1, -0.05) is 0 Å². The van der Waals surface area contributed by atoms with E-state index < -0.39 is 0 Å².